The van der Waals surface area contributed by atoms with Gasteiger partial charge < -0.3 is 5.32 Å². The number of nitrogens with one attached hydrogen (secondary N) is 1. The average Bonchev–Trinajstić information content (AvgIpc) is 2.38. The van der Waals surface area contributed by atoms with Crippen LogP contribution in [-0.2, 0) is 6.54 Å². The van der Waals surface area contributed by atoms with E-state index in [2.05, 4.69) is 5.32 Å². The van der Waals surface area contributed by atoms with Gasteiger partial charge in [0.25, 0.3) is 0 Å². The maximum absolute atomic E-state index is 6.07. The fourth-order valence-electron chi connectivity index (χ4n) is 1.52. The summed E-state index contributed by atoms with van der Waals surface area (Å²) >= 11 is 17.2. The molecule has 1 nitrogen and oxygen atoms in total. The SMILES string of the molecule is S=C(NCc1ccccc1Cl)c1ccc(Cl)cc1. The van der Waals surface area contributed by atoms with Gasteiger partial charge in [0.05, 0.1) is 0 Å². The molecule has 0 bridgehead atoms. The number of rotatable bonds is 3. The molecule has 0 aliphatic heterocycles. The summed E-state index contributed by atoms with van der Waals surface area (Å²) in [5, 5.41) is 4.62. The van der Waals surface area contributed by atoms with Gasteiger partial charge >= 0.3 is 0 Å². The van der Waals surface area contributed by atoms with Crippen LogP contribution in [0.4, 0.5) is 0 Å². The van der Waals surface area contributed by atoms with Crippen LogP contribution in [-0.4, -0.2) is 4.99 Å². The lowest BCUT2D eigenvalue weighted by molar-refractivity contribution is 0.929. The third-order valence-electron chi connectivity index (χ3n) is 2.50. The molecule has 1 N–H and O–H groups in total. The highest BCUT2D eigenvalue weighted by Crippen LogP contribution is 2.15. The summed E-state index contributed by atoms with van der Waals surface area (Å²) in [4.78, 5) is 0.687. The van der Waals surface area contributed by atoms with Crippen molar-refractivity contribution in [2.24, 2.45) is 0 Å². The minimum atomic E-state index is 0.612. The van der Waals surface area contributed by atoms with E-state index in [1.807, 2.05) is 48.5 Å². The Labute approximate surface area is 122 Å². The largest absolute Gasteiger partial charge is 0.372 e. The highest BCUT2D eigenvalue weighted by molar-refractivity contribution is 7.80. The highest BCUT2D eigenvalue weighted by Gasteiger charge is 2.02. The minimum absolute atomic E-state index is 0.612. The van der Waals surface area contributed by atoms with Crippen molar-refractivity contribution in [1.29, 1.82) is 0 Å². The third kappa shape index (κ3) is 3.45. The van der Waals surface area contributed by atoms with Crippen molar-refractivity contribution in [3.63, 3.8) is 0 Å². The molecule has 0 aliphatic carbocycles. The van der Waals surface area contributed by atoms with E-state index in [0.29, 0.717) is 16.6 Å². The van der Waals surface area contributed by atoms with E-state index in [9.17, 15) is 0 Å². The van der Waals surface area contributed by atoms with Crippen LogP contribution in [0.2, 0.25) is 10.0 Å². The molecule has 0 aromatic heterocycles. The first-order chi connectivity index (χ1) is 8.66. The van der Waals surface area contributed by atoms with E-state index in [1.165, 1.54) is 0 Å². The summed E-state index contributed by atoms with van der Waals surface area (Å²) < 4.78 is 0. The van der Waals surface area contributed by atoms with Crippen LogP contribution in [0.1, 0.15) is 11.1 Å². The van der Waals surface area contributed by atoms with Crippen molar-refractivity contribution in [2.45, 2.75) is 6.54 Å². The Hall–Kier alpha value is -1.09. The molecule has 0 saturated carbocycles. The number of hydrogen-bond donors (Lipinski definition) is 1. The van der Waals surface area contributed by atoms with Crippen LogP contribution < -0.4 is 5.32 Å². The molecule has 0 heterocycles. The summed E-state index contributed by atoms with van der Waals surface area (Å²) in [6, 6.07) is 15.1. The molecule has 2 rings (SSSR count). The summed E-state index contributed by atoms with van der Waals surface area (Å²) in [7, 11) is 0. The molecule has 2 aromatic rings. The van der Waals surface area contributed by atoms with Gasteiger partial charge in [-0.2, -0.15) is 0 Å². The number of benzene rings is 2. The van der Waals surface area contributed by atoms with Crippen molar-refractivity contribution >= 4 is 40.4 Å². The van der Waals surface area contributed by atoms with Gasteiger partial charge in [0.2, 0.25) is 0 Å². The lowest BCUT2D eigenvalue weighted by atomic mass is 10.2. The van der Waals surface area contributed by atoms with E-state index in [0.717, 1.165) is 16.1 Å². The van der Waals surface area contributed by atoms with Crippen LogP contribution in [0.15, 0.2) is 48.5 Å². The Kier molecular flexibility index (Phi) is 4.59. The Morgan fingerprint density at radius 2 is 1.67 bits per heavy atom. The van der Waals surface area contributed by atoms with Crippen LogP contribution in [0.25, 0.3) is 0 Å². The third-order valence-corrected chi connectivity index (χ3v) is 3.50. The van der Waals surface area contributed by atoms with Crippen molar-refractivity contribution in [3.8, 4) is 0 Å². The molecule has 0 saturated heterocycles. The predicted molar refractivity (Wildman–Crippen MR) is 81.4 cm³/mol. The molecule has 2 aromatic carbocycles. The van der Waals surface area contributed by atoms with Gasteiger partial charge in [0.15, 0.2) is 0 Å². The Morgan fingerprint density at radius 3 is 2.33 bits per heavy atom. The maximum atomic E-state index is 6.07. The molecule has 0 fully saturated rings. The van der Waals surface area contributed by atoms with Gasteiger partial charge in [-0.05, 0) is 23.8 Å². The van der Waals surface area contributed by atoms with Crippen molar-refractivity contribution in [2.75, 3.05) is 0 Å². The number of hydrogen-bond acceptors (Lipinski definition) is 1. The topological polar surface area (TPSA) is 12.0 Å². The first-order valence-electron chi connectivity index (χ1n) is 5.44. The van der Waals surface area contributed by atoms with Gasteiger partial charge in [-0.1, -0.05) is 65.8 Å². The number of thiocarbonyl (C=S) groups is 1. The lowest BCUT2D eigenvalue weighted by Crippen LogP contribution is -2.21. The maximum Gasteiger partial charge on any atom is 0.106 e. The van der Waals surface area contributed by atoms with Crippen LogP contribution in [0.3, 0.4) is 0 Å². The standard InChI is InChI=1S/C14H11Cl2NS/c15-12-7-5-10(6-8-12)14(18)17-9-11-3-1-2-4-13(11)16/h1-8H,9H2,(H,17,18). The first-order valence-corrected chi connectivity index (χ1v) is 6.60. The van der Waals surface area contributed by atoms with Crippen LogP contribution in [0, 0.1) is 0 Å². The molecule has 18 heavy (non-hydrogen) atoms. The predicted octanol–water partition coefficient (Wildman–Crippen LogP) is 4.46. The lowest BCUT2D eigenvalue weighted by Gasteiger charge is -2.09. The monoisotopic (exact) mass is 295 g/mol. The zero-order valence-electron chi connectivity index (χ0n) is 9.49. The van der Waals surface area contributed by atoms with E-state index in [1.54, 1.807) is 0 Å². The summed E-state index contributed by atoms with van der Waals surface area (Å²) in [5.74, 6) is 0. The molecule has 92 valence electrons. The Bertz CT molecular complexity index is 552. The molecule has 0 unspecified atom stereocenters. The summed E-state index contributed by atoms with van der Waals surface area (Å²) in [5.41, 5.74) is 1.97. The molecule has 0 atom stereocenters. The van der Waals surface area contributed by atoms with Crippen molar-refractivity contribution in [3.05, 3.63) is 69.7 Å². The van der Waals surface area contributed by atoms with Crippen LogP contribution >= 0.6 is 35.4 Å². The Morgan fingerprint density at radius 1 is 1.00 bits per heavy atom. The second-order valence-electron chi connectivity index (χ2n) is 3.78. The normalized spacial score (nSPS) is 10.1. The molecule has 0 radical (unpaired) electrons. The number of halogens is 2. The van der Waals surface area contributed by atoms with E-state index in [4.69, 9.17) is 35.4 Å². The molecule has 0 aliphatic rings. The van der Waals surface area contributed by atoms with Crippen molar-refractivity contribution in [1.82, 2.24) is 5.32 Å². The van der Waals surface area contributed by atoms with Gasteiger partial charge in [-0.25, -0.2) is 0 Å². The first kappa shape index (κ1) is 13.3. The van der Waals surface area contributed by atoms with Gasteiger partial charge in [0, 0.05) is 22.2 Å². The smallest absolute Gasteiger partial charge is 0.106 e. The van der Waals surface area contributed by atoms with E-state index < -0.39 is 0 Å². The summed E-state index contributed by atoms with van der Waals surface area (Å²) in [6.07, 6.45) is 0. The van der Waals surface area contributed by atoms with Crippen LogP contribution in [0.5, 0.6) is 0 Å². The molecule has 4 heteroatoms. The van der Waals surface area contributed by atoms with Gasteiger partial charge in [0.1, 0.15) is 4.99 Å². The minimum Gasteiger partial charge on any atom is -0.372 e. The van der Waals surface area contributed by atoms with Gasteiger partial charge in [-0.15, -0.1) is 0 Å². The molecule has 0 amide bonds. The second-order valence-corrected chi connectivity index (χ2v) is 5.03. The fraction of sp³-hybridized carbons (Fsp3) is 0.0714. The molecular formula is C14H11Cl2NS. The van der Waals surface area contributed by atoms with Crippen molar-refractivity contribution < 1.29 is 0 Å². The molecular weight excluding hydrogens is 285 g/mol. The summed E-state index contributed by atoms with van der Waals surface area (Å²) in [6.45, 7) is 0.612. The quantitative estimate of drug-likeness (QED) is 0.839. The zero-order chi connectivity index (χ0) is 13.0. The highest BCUT2D eigenvalue weighted by atomic mass is 35.5. The fourth-order valence-corrected chi connectivity index (χ4v) is 2.06. The zero-order valence-corrected chi connectivity index (χ0v) is 11.8. The average molecular weight is 296 g/mol. The second kappa shape index (κ2) is 6.19. The van der Waals surface area contributed by atoms with E-state index in [-0.39, 0.29) is 0 Å². The molecule has 0 spiro atoms. The van der Waals surface area contributed by atoms with E-state index >= 15 is 0 Å². The Balaban J connectivity index is 2.01. The van der Waals surface area contributed by atoms with Gasteiger partial charge in [-0.3, -0.25) is 0 Å².